The summed E-state index contributed by atoms with van der Waals surface area (Å²) in [4.78, 5) is 0. The number of allylic oxidation sites excluding steroid dienone is 1. The largest absolute Gasteiger partial charge is 0.376 e. The maximum absolute atomic E-state index is 5.63. The van der Waals surface area contributed by atoms with E-state index < -0.39 is 0 Å². The van der Waals surface area contributed by atoms with Crippen LogP contribution in [0.25, 0.3) is 11.1 Å². The van der Waals surface area contributed by atoms with E-state index in [1.807, 2.05) is 6.08 Å². The Morgan fingerprint density at radius 2 is 1.44 bits per heavy atom. The van der Waals surface area contributed by atoms with Crippen molar-refractivity contribution in [3.05, 3.63) is 85.0 Å². The van der Waals surface area contributed by atoms with Gasteiger partial charge in [-0.1, -0.05) is 60.7 Å². The second-order valence-corrected chi connectivity index (χ2v) is 7.69. The average molecular weight is 361 g/mol. The van der Waals surface area contributed by atoms with Gasteiger partial charge >= 0.3 is 0 Å². The van der Waals surface area contributed by atoms with Gasteiger partial charge in [0.25, 0.3) is 0 Å². The minimum absolute atomic E-state index is 0.668. The van der Waals surface area contributed by atoms with Crippen molar-refractivity contribution >= 4 is 0 Å². The molecule has 27 heavy (non-hydrogen) atoms. The van der Waals surface area contributed by atoms with Gasteiger partial charge in [-0.15, -0.1) is 13.2 Å². The predicted molar refractivity (Wildman–Crippen MR) is 116 cm³/mol. The molecule has 0 aliphatic heterocycles. The van der Waals surface area contributed by atoms with Gasteiger partial charge in [0.15, 0.2) is 0 Å². The zero-order valence-corrected chi connectivity index (χ0v) is 16.4. The van der Waals surface area contributed by atoms with Crippen molar-refractivity contribution in [2.24, 2.45) is 5.92 Å². The lowest BCUT2D eigenvalue weighted by Crippen LogP contribution is -2.12. The fourth-order valence-corrected chi connectivity index (χ4v) is 4.07. The van der Waals surface area contributed by atoms with E-state index >= 15 is 0 Å². The molecule has 0 N–H and O–H groups in total. The third-order valence-corrected chi connectivity index (χ3v) is 5.75. The molecule has 0 amide bonds. The summed E-state index contributed by atoms with van der Waals surface area (Å²) in [6.45, 7) is 9.01. The molecule has 1 nitrogen and oxygen atoms in total. The molecule has 0 aromatic heterocycles. The molecule has 1 saturated carbocycles. The summed E-state index contributed by atoms with van der Waals surface area (Å²) in [7, 11) is 0. The molecule has 1 aliphatic carbocycles. The van der Waals surface area contributed by atoms with Crippen LogP contribution < -0.4 is 0 Å². The maximum atomic E-state index is 5.63. The molecular formula is C26H32O. The molecule has 0 unspecified atom stereocenters. The van der Waals surface area contributed by atoms with Gasteiger partial charge in [-0.2, -0.15) is 0 Å². The van der Waals surface area contributed by atoms with Crippen molar-refractivity contribution in [1.82, 2.24) is 0 Å². The van der Waals surface area contributed by atoms with Crippen molar-refractivity contribution in [2.45, 2.75) is 51.0 Å². The zero-order valence-electron chi connectivity index (χ0n) is 16.4. The quantitative estimate of drug-likeness (QED) is 0.337. The Balaban J connectivity index is 1.55. The Bertz CT molecular complexity index is 703. The second kappa shape index (κ2) is 10.3. The molecule has 3 rings (SSSR count). The lowest BCUT2D eigenvalue weighted by molar-refractivity contribution is 0.125. The number of ether oxygens (including phenoxy) is 1. The van der Waals surface area contributed by atoms with E-state index in [-0.39, 0.29) is 0 Å². The first-order valence-electron chi connectivity index (χ1n) is 10.3. The van der Waals surface area contributed by atoms with Crippen LogP contribution in [0.15, 0.2) is 73.8 Å². The van der Waals surface area contributed by atoms with Crippen LogP contribution in [0.4, 0.5) is 0 Å². The van der Waals surface area contributed by atoms with E-state index in [1.54, 1.807) is 0 Å². The molecule has 2 aromatic carbocycles. The monoisotopic (exact) mass is 360 g/mol. The smallest absolute Gasteiger partial charge is 0.0717 e. The van der Waals surface area contributed by atoms with E-state index in [9.17, 15) is 0 Å². The Hall–Kier alpha value is -2.12. The van der Waals surface area contributed by atoms with Crippen molar-refractivity contribution < 1.29 is 4.74 Å². The van der Waals surface area contributed by atoms with Gasteiger partial charge < -0.3 is 4.74 Å². The molecule has 0 bridgehead atoms. The van der Waals surface area contributed by atoms with E-state index in [0.717, 1.165) is 24.9 Å². The van der Waals surface area contributed by atoms with E-state index in [1.165, 1.54) is 54.4 Å². The molecule has 0 radical (unpaired) electrons. The van der Waals surface area contributed by atoms with Crippen LogP contribution in [-0.4, -0.2) is 6.61 Å². The summed E-state index contributed by atoms with van der Waals surface area (Å²) in [5, 5.41) is 0. The summed E-state index contributed by atoms with van der Waals surface area (Å²) in [6, 6.07) is 17.9. The van der Waals surface area contributed by atoms with Gasteiger partial charge in [-0.25, -0.2) is 0 Å². The van der Waals surface area contributed by atoms with Gasteiger partial charge in [0.2, 0.25) is 0 Å². The number of hydrogen-bond acceptors (Lipinski definition) is 1. The van der Waals surface area contributed by atoms with Crippen LogP contribution in [0.2, 0.25) is 0 Å². The molecule has 2 aromatic rings. The summed E-state index contributed by atoms with van der Waals surface area (Å²) >= 11 is 0. The van der Waals surface area contributed by atoms with Crippen molar-refractivity contribution in [1.29, 1.82) is 0 Å². The maximum Gasteiger partial charge on any atom is 0.0717 e. The highest BCUT2D eigenvalue weighted by Crippen LogP contribution is 2.37. The molecule has 0 atom stereocenters. The highest BCUT2D eigenvalue weighted by atomic mass is 16.5. The van der Waals surface area contributed by atoms with Crippen LogP contribution in [0, 0.1) is 5.92 Å². The molecule has 0 spiro atoms. The Morgan fingerprint density at radius 1 is 0.815 bits per heavy atom. The molecule has 1 aliphatic rings. The van der Waals surface area contributed by atoms with Gasteiger partial charge in [0.1, 0.15) is 0 Å². The average Bonchev–Trinajstić information content (AvgIpc) is 2.73. The van der Waals surface area contributed by atoms with Crippen molar-refractivity contribution in [2.75, 3.05) is 6.61 Å². The molecular weight excluding hydrogens is 328 g/mol. The lowest BCUT2D eigenvalue weighted by Gasteiger charge is -2.28. The van der Waals surface area contributed by atoms with E-state index in [0.29, 0.717) is 6.61 Å². The summed E-state index contributed by atoms with van der Waals surface area (Å²) < 4.78 is 5.63. The Kier molecular flexibility index (Phi) is 7.47. The third kappa shape index (κ3) is 5.68. The van der Waals surface area contributed by atoms with Crippen LogP contribution >= 0.6 is 0 Å². The molecule has 1 fully saturated rings. The van der Waals surface area contributed by atoms with Crippen LogP contribution in [-0.2, 0) is 11.3 Å². The minimum atomic E-state index is 0.668. The highest BCUT2D eigenvalue weighted by Gasteiger charge is 2.21. The third-order valence-electron chi connectivity index (χ3n) is 5.75. The highest BCUT2D eigenvalue weighted by molar-refractivity contribution is 5.64. The van der Waals surface area contributed by atoms with Crippen LogP contribution in [0.3, 0.4) is 0 Å². The van der Waals surface area contributed by atoms with E-state index in [4.69, 9.17) is 4.74 Å². The van der Waals surface area contributed by atoms with Gasteiger partial charge in [0.05, 0.1) is 13.2 Å². The van der Waals surface area contributed by atoms with Crippen molar-refractivity contribution in [3.63, 3.8) is 0 Å². The molecule has 1 heteroatoms. The number of benzene rings is 2. The van der Waals surface area contributed by atoms with Crippen LogP contribution in [0.5, 0.6) is 0 Å². The first kappa shape index (κ1) is 19.6. The van der Waals surface area contributed by atoms with Crippen LogP contribution in [0.1, 0.15) is 55.6 Å². The fraction of sp³-hybridized carbons (Fsp3) is 0.385. The SMILES string of the molecule is C=CCCOCc1ccc(-c2ccc([C@H]3CC[C@H](CC=C)CC3)cc2)cc1. The predicted octanol–water partition coefficient (Wildman–Crippen LogP) is 7.30. The zero-order chi connectivity index (χ0) is 18.9. The molecule has 0 saturated heterocycles. The second-order valence-electron chi connectivity index (χ2n) is 7.69. The Labute approximate surface area is 164 Å². The van der Waals surface area contributed by atoms with Crippen molar-refractivity contribution in [3.8, 4) is 11.1 Å². The summed E-state index contributed by atoms with van der Waals surface area (Å²) in [5.74, 6) is 1.59. The van der Waals surface area contributed by atoms with Gasteiger partial charge in [0, 0.05) is 0 Å². The Morgan fingerprint density at radius 3 is 2.04 bits per heavy atom. The first-order valence-corrected chi connectivity index (χ1v) is 10.3. The first-order chi connectivity index (χ1) is 13.3. The summed E-state index contributed by atoms with van der Waals surface area (Å²) in [5.41, 5.74) is 5.28. The standard InChI is InChI=1S/C26H32O/c1-3-5-19-27-20-22-9-13-24(14-10-22)26-17-15-25(16-18-26)23-11-7-21(6-4-2)8-12-23/h3-4,9-10,13-18,21,23H,1-2,5-8,11-12,19-20H2/t21-,23-. The molecule has 142 valence electrons. The summed E-state index contributed by atoms with van der Waals surface area (Å²) in [6.07, 6.45) is 11.4. The molecule has 0 heterocycles. The number of hydrogen-bond donors (Lipinski definition) is 0. The van der Waals surface area contributed by atoms with Gasteiger partial charge in [-0.05, 0) is 72.6 Å². The fourth-order valence-electron chi connectivity index (χ4n) is 4.07. The number of rotatable bonds is 9. The lowest BCUT2D eigenvalue weighted by atomic mass is 9.77. The topological polar surface area (TPSA) is 9.23 Å². The minimum Gasteiger partial charge on any atom is -0.376 e. The normalized spacial score (nSPS) is 19.6. The van der Waals surface area contributed by atoms with Gasteiger partial charge in [-0.3, -0.25) is 0 Å². The van der Waals surface area contributed by atoms with E-state index in [2.05, 4.69) is 67.8 Å².